The lowest BCUT2D eigenvalue weighted by atomic mass is 9.65. The van der Waals surface area contributed by atoms with Gasteiger partial charge in [0.25, 0.3) is 0 Å². The van der Waals surface area contributed by atoms with Crippen molar-refractivity contribution in [2.75, 3.05) is 6.54 Å². The van der Waals surface area contributed by atoms with E-state index >= 15 is 0 Å². The van der Waals surface area contributed by atoms with Gasteiger partial charge < -0.3 is 4.90 Å². The average Bonchev–Trinajstić information content (AvgIpc) is 2.48. The predicted molar refractivity (Wildman–Crippen MR) is 75.4 cm³/mol. The van der Waals surface area contributed by atoms with Gasteiger partial charge in [-0.3, -0.25) is 4.79 Å². The number of unbranched alkanes of at least 4 members (excludes halogenated alkanes) is 2. The fraction of sp³-hybridized carbons (Fsp3) is 0.938. The zero-order valence-corrected chi connectivity index (χ0v) is 12.6. The van der Waals surface area contributed by atoms with E-state index in [-0.39, 0.29) is 0 Å². The molecule has 2 fully saturated rings. The molecule has 1 amide bonds. The van der Waals surface area contributed by atoms with Crippen LogP contribution in [0.3, 0.4) is 0 Å². The van der Waals surface area contributed by atoms with Gasteiger partial charge in [-0.15, -0.1) is 0 Å². The van der Waals surface area contributed by atoms with E-state index in [0.717, 1.165) is 19.4 Å². The van der Waals surface area contributed by atoms with Gasteiger partial charge in [0.1, 0.15) is 0 Å². The first-order valence-electron chi connectivity index (χ1n) is 7.65. The zero-order valence-electron chi connectivity index (χ0n) is 12.6. The van der Waals surface area contributed by atoms with Gasteiger partial charge in [0.05, 0.1) is 0 Å². The lowest BCUT2D eigenvalue weighted by molar-refractivity contribution is -0.132. The molecule has 1 saturated heterocycles. The Labute approximate surface area is 112 Å². The molecule has 0 aromatic heterocycles. The van der Waals surface area contributed by atoms with E-state index in [9.17, 15) is 4.79 Å². The number of carbonyl (C=O) groups excluding carboxylic acids is 1. The standard InChI is InChI=1S/C16H29NO/c1-5-6-7-8-14(18)17-12-16(4)10-13(17)9-15(2,3)11-16/h13H,5-12H2,1-4H3/t13-,16+/m1/s1. The molecule has 0 N–H and O–H groups in total. The number of hydrogen-bond donors (Lipinski definition) is 0. The molecule has 1 saturated carbocycles. The molecule has 2 bridgehead atoms. The highest BCUT2D eigenvalue weighted by Gasteiger charge is 2.50. The molecule has 0 unspecified atom stereocenters. The molecule has 0 aromatic carbocycles. The number of carbonyl (C=O) groups is 1. The van der Waals surface area contributed by atoms with Crippen LogP contribution in [0.2, 0.25) is 0 Å². The van der Waals surface area contributed by atoms with Crippen molar-refractivity contribution in [3.05, 3.63) is 0 Å². The second-order valence-electron chi connectivity index (χ2n) is 7.69. The van der Waals surface area contributed by atoms with Crippen molar-refractivity contribution >= 4 is 5.91 Å². The van der Waals surface area contributed by atoms with Gasteiger partial charge >= 0.3 is 0 Å². The van der Waals surface area contributed by atoms with Gasteiger partial charge in [-0.1, -0.05) is 40.5 Å². The Kier molecular flexibility index (Phi) is 3.75. The van der Waals surface area contributed by atoms with Crippen molar-refractivity contribution in [1.82, 2.24) is 4.90 Å². The molecule has 2 aliphatic rings. The fourth-order valence-electron chi connectivity index (χ4n) is 4.42. The van der Waals surface area contributed by atoms with Crippen LogP contribution in [0.25, 0.3) is 0 Å². The summed E-state index contributed by atoms with van der Waals surface area (Å²) in [6.45, 7) is 10.3. The molecule has 1 aliphatic carbocycles. The third-order valence-corrected chi connectivity index (χ3v) is 4.73. The summed E-state index contributed by atoms with van der Waals surface area (Å²) in [7, 11) is 0. The third kappa shape index (κ3) is 2.89. The van der Waals surface area contributed by atoms with Crippen molar-refractivity contribution in [1.29, 1.82) is 0 Å². The maximum absolute atomic E-state index is 12.3. The number of hydrogen-bond acceptors (Lipinski definition) is 1. The molecular formula is C16H29NO. The summed E-state index contributed by atoms with van der Waals surface area (Å²) in [4.78, 5) is 14.6. The van der Waals surface area contributed by atoms with Gasteiger partial charge in [0.2, 0.25) is 5.91 Å². The van der Waals surface area contributed by atoms with Gasteiger partial charge in [-0.2, -0.15) is 0 Å². The van der Waals surface area contributed by atoms with Crippen molar-refractivity contribution in [3.8, 4) is 0 Å². The Morgan fingerprint density at radius 1 is 1.22 bits per heavy atom. The molecule has 0 radical (unpaired) electrons. The number of rotatable bonds is 4. The predicted octanol–water partition coefficient (Wildman–Crippen LogP) is 3.99. The summed E-state index contributed by atoms with van der Waals surface area (Å²) in [5.41, 5.74) is 0.795. The van der Waals surface area contributed by atoms with Crippen LogP contribution < -0.4 is 0 Å². The highest BCUT2D eigenvalue weighted by Crippen LogP contribution is 2.52. The highest BCUT2D eigenvalue weighted by molar-refractivity contribution is 5.77. The molecule has 104 valence electrons. The number of fused-ring (bicyclic) bond motifs is 2. The average molecular weight is 251 g/mol. The lowest BCUT2D eigenvalue weighted by Gasteiger charge is -2.39. The van der Waals surface area contributed by atoms with Crippen LogP contribution >= 0.6 is 0 Å². The molecule has 0 aromatic rings. The topological polar surface area (TPSA) is 20.3 Å². The first-order valence-corrected chi connectivity index (χ1v) is 7.65. The minimum Gasteiger partial charge on any atom is -0.339 e. The number of likely N-dealkylation sites (tertiary alicyclic amines) is 1. The lowest BCUT2D eigenvalue weighted by Crippen LogP contribution is -2.37. The zero-order chi connectivity index (χ0) is 13.4. The molecule has 2 nitrogen and oxygen atoms in total. The van der Waals surface area contributed by atoms with Crippen LogP contribution in [0.15, 0.2) is 0 Å². The van der Waals surface area contributed by atoms with Crippen LogP contribution in [0.4, 0.5) is 0 Å². The van der Waals surface area contributed by atoms with Crippen LogP contribution in [0.1, 0.15) is 72.6 Å². The minimum absolute atomic E-state index is 0.382. The number of nitrogens with zero attached hydrogens (tertiary/aromatic N) is 1. The van der Waals surface area contributed by atoms with E-state index in [2.05, 4.69) is 32.6 Å². The van der Waals surface area contributed by atoms with Gasteiger partial charge in [-0.25, -0.2) is 0 Å². The second kappa shape index (κ2) is 4.86. The smallest absolute Gasteiger partial charge is 0.222 e. The van der Waals surface area contributed by atoms with Crippen LogP contribution in [-0.2, 0) is 4.79 Å². The Balaban J connectivity index is 1.98. The summed E-state index contributed by atoms with van der Waals surface area (Å²) in [5.74, 6) is 0.412. The van der Waals surface area contributed by atoms with E-state index < -0.39 is 0 Å². The molecule has 1 aliphatic heterocycles. The van der Waals surface area contributed by atoms with Crippen LogP contribution in [0.5, 0.6) is 0 Å². The third-order valence-electron chi connectivity index (χ3n) is 4.73. The normalized spacial score (nSPS) is 33.8. The molecule has 1 heterocycles. The summed E-state index contributed by atoms with van der Waals surface area (Å²) >= 11 is 0. The summed E-state index contributed by atoms with van der Waals surface area (Å²) in [6, 6.07) is 0.521. The Bertz CT molecular complexity index is 323. The fourth-order valence-corrected chi connectivity index (χ4v) is 4.42. The molecule has 2 atom stereocenters. The van der Waals surface area contributed by atoms with Gasteiger partial charge in [0.15, 0.2) is 0 Å². The van der Waals surface area contributed by atoms with Crippen molar-refractivity contribution in [3.63, 3.8) is 0 Å². The second-order valence-corrected chi connectivity index (χ2v) is 7.69. The van der Waals surface area contributed by atoms with Crippen LogP contribution in [0, 0.1) is 10.8 Å². The maximum Gasteiger partial charge on any atom is 0.222 e. The van der Waals surface area contributed by atoms with Crippen molar-refractivity contribution in [2.45, 2.75) is 78.7 Å². The van der Waals surface area contributed by atoms with E-state index in [1.54, 1.807) is 0 Å². The molecule has 18 heavy (non-hydrogen) atoms. The molecule has 2 heteroatoms. The van der Waals surface area contributed by atoms with E-state index in [0.29, 0.717) is 22.8 Å². The quantitative estimate of drug-likeness (QED) is 0.692. The minimum atomic E-state index is 0.382. The van der Waals surface area contributed by atoms with E-state index in [1.165, 1.54) is 32.1 Å². The number of amides is 1. The Morgan fingerprint density at radius 2 is 1.94 bits per heavy atom. The highest BCUT2D eigenvalue weighted by atomic mass is 16.2. The Morgan fingerprint density at radius 3 is 2.61 bits per heavy atom. The summed E-state index contributed by atoms with van der Waals surface area (Å²) < 4.78 is 0. The monoisotopic (exact) mass is 251 g/mol. The SMILES string of the molecule is CCCCCC(=O)N1C[C@@]2(C)C[C@H]1CC(C)(C)C2. The summed E-state index contributed by atoms with van der Waals surface area (Å²) in [6.07, 6.45) is 7.92. The van der Waals surface area contributed by atoms with Crippen LogP contribution in [-0.4, -0.2) is 23.4 Å². The molecular weight excluding hydrogens is 222 g/mol. The van der Waals surface area contributed by atoms with Crippen molar-refractivity contribution < 1.29 is 4.79 Å². The largest absolute Gasteiger partial charge is 0.339 e. The van der Waals surface area contributed by atoms with E-state index in [1.807, 2.05) is 0 Å². The molecule has 0 spiro atoms. The van der Waals surface area contributed by atoms with Gasteiger partial charge in [-0.05, 0) is 36.5 Å². The van der Waals surface area contributed by atoms with E-state index in [4.69, 9.17) is 0 Å². The first-order chi connectivity index (χ1) is 8.35. The Hall–Kier alpha value is -0.530. The molecule has 2 rings (SSSR count). The van der Waals surface area contributed by atoms with Crippen molar-refractivity contribution in [2.24, 2.45) is 10.8 Å². The summed E-state index contributed by atoms with van der Waals surface area (Å²) in [5, 5.41) is 0. The maximum atomic E-state index is 12.3. The first kappa shape index (κ1) is 13.9. The van der Waals surface area contributed by atoms with Gasteiger partial charge in [0, 0.05) is 19.0 Å².